The Morgan fingerprint density at radius 3 is 2.33 bits per heavy atom. The Morgan fingerprint density at radius 1 is 0.952 bits per heavy atom. The molecule has 0 radical (unpaired) electrons. The third-order valence-corrected chi connectivity index (χ3v) is 3.55. The maximum absolute atomic E-state index is 13.3. The molecule has 0 amide bonds. The molecule has 3 heteroatoms. The maximum Gasteiger partial charge on any atom is 0.123 e. The highest BCUT2D eigenvalue weighted by Gasteiger charge is 2.04. The number of benzene rings is 2. The van der Waals surface area contributed by atoms with Crippen molar-refractivity contribution < 1.29 is 4.39 Å². The number of halogens is 1. The minimum Gasteiger partial charge on any atom is -0.309 e. The third kappa shape index (κ3) is 4.66. The first kappa shape index (κ1) is 15.7. The zero-order valence-electron chi connectivity index (χ0n) is 13.0. The van der Waals surface area contributed by atoms with Crippen LogP contribution in [0.25, 0.3) is 0 Å². The second-order valence-corrected chi connectivity index (χ2v) is 5.68. The lowest BCUT2D eigenvalue weighted by molar-refractivity contribution is 0.400. The van der Waals surface area contributed by atoms with E-state index >= 15 is 0 Å². The van der Waals surface area contributed by atoms with Crippen molar-refractivity contribution in [1.29, 1.82) is 0 Å². The van der Waals surface area contributed by atoms with Gasteiger partial charge in [-0.1, -0.05) is 30.3 Å². The molecule has 2 rings (SSSR count). The lowest BCUT2D eigenvalue weighted by Crippen LogP contribution is -2.17. The molecule has 0 spiro atoms. The molecule has 0 atom stereocenters. The summed E-state index contributed by atoms with van der Waals surface area (Å²) in [6.07, 6.45) is 0. The second-order valence-electron chi connectivity index (χ2n) is 5.68. The summed E-state index contributed by atoms with van der Waals surface area (Å²) in [6.45, 7) is 4.41. The summed E-state index contributed by atoms with van der Waals surface area (Å²) in [5.74, 6) is -0.176. The van der Waals surface area contributed by atoms with Gasteiger partial charge in [-0.3, -0.25) is 0 Å². The average Bonchev–Trinajstić information content (AvgIpc) is 2.44. The Labute approximate surface area is 126 Å². The number of aryl methyl sites for hydroxylation is 1. The smallest absolute Gasteiger partial charge is 0.123 e. The first-order valence-corrected chi connectivity index (χ1v) is 7.23. The zero-order valence-corrected chi connectivity index (χ0v) is 13.0. The van der Waals surface area contributed by atoms with E-state index in [1.807, 2.05) is 13.0 Å². The van der Waals surface area contributed by atoms with Gasteiger partial charge >= 0.3 is 0 Å². The predicted molar refractivity (Wildman–Crippen MR) is 85.5 cm³/mol. The third-order valence-electron chi connectivity index (χ3n) is 3.55. The van der Waals surface area contributed by atoms with Crippen molar-refractivity contribution in [1.82, 2.24) is 10.2 Å². The topological polar surface area (TPSA) is 15.3 Å². The van der Waals surface area contributed by atoms with Gasteiger partial charge in [-0.15, -0.1) is 0 Å². The van der Waals surface area contributed by atoms with E-state index in [9.17, 15) is 4.39 Å². The maximum atomic E-state index is 13.3. The fourth-order valence-electron chi connectivity index (χ4n) is 2.39. The van der Waals surface area contributed by atoms with Gasteiger partial charge < -0.3 is 10.2 Å². The molecule has 0 fully saturated rings. The molecule has 2 aromatic rings. The van der Waals surface area contributed by atoms with Gasteiger partial charge in [0.2, 0.25) is 0 Å². The minimum atomic E-state index is -0.176. The Balaban J connectivity index is 1.99. The van der Waals surface area contributed by atoms with Gasteiger partial charge in [0.1, 0.15) is 5.82 Å². The van der Waals surface area contributed by atoms with Crippen LogP contribution in [0, 0.1) is 12.7 Å². The van der Waals surface area contributed by atoms with E-state index in [1.54, 1.807) is 6.07 Å². The molecule has 112 valence electrons. The Morgan fingerprint density at radius 2 is 1.62 bits per heavy atom. The van der Waals surface area contributed by atoms with Crippen molar-refractivity contribution in [2.24, 2.45) is 0 Å². The van der Waals surface area contributed by atoms with Gasteiger partial charge in [0.05, 0.1) is 0 Å². The molecule has 0 heterocycles. The van der Waals surface area contributed by atoms with Gasteiger partial charge in [0.15, 0.2) is 0 Å². The largest absolute Gasteiger partial charge is 0.309 e. The van der Waals surface area contributed by atoms with Gasteiger partial charge in [0.25, 0.3) is 0 Å². The van der Waals surface area contributed by atoms with Crippen LogP contribution in [-0.2, 0) is 19.6 Å². The summed E-state index contributed by atoms with van der Waals surface area (Å²) in [5, 5.41) is 3.41. The first-order chi connectivity index (χ1) is 10.1. The monoisotopic (exact) mass is 286 g/mol. The SMILES string of the molecule is Cc1ccc(F)cc1CNCc1ccccc1CN(C)C. The zero-order chi connectivity index (χ0) is 15.2. The number of hydrogen-bond donors (Lipinski definition) is 1. The van der Waals surface area contributed by atoms with Crippen molar-refractivity contribution in [2.75, 3.05) is 14.1 Å². The number of nitrogens with zero attached hydrogens (tertiary/aromatic N) is 1. The van der Waals surface area contributed by atoms with Crippen LogP contribution in [-0.4, -0.2) is 19.0 Å². The van der Waals surface area contributed by atoms with E-state index in [4.69, 9.17) is 0 Å². The molecule has 0 aromatic heterocycles. The molecule has 0 aliphatic rings. The van der Waals surface area contributed by atoms with E-state index in [0.717, 1.165) is 24.2 Å². The van der Waals surface area contributed by atoms with Crippen molar-refractivity contribution in [3.8, 4) is 0 Å². The van der Waals surface area contributed by atoms with Gasteiger partial charge in [0, 0.05) is 19.6 Å². The summed E-state index contributed by atoms with van der Waals surface area (Å²) in [6, 6.07) is 13.4. The van der Waals surface area contributed by atoms with E-state index in [0.29, 0.717) is 6.54 Å². The van der Waals surface area contributed by atoms with Crippen LogP contribution in [0.3, 0.4) is 0 Å². The molecular weight excluding hydrogens is 263 g/mol. The highest BCUT2D eigenvalue weighted by molar-refractivity contribution is 5.28. The van der Waals surface area contributed by atoms with Crippen molar-refractivity contribution in [2.45, 2.75) is 26.6 Å². The molecule has 0 saturated carbocycles. The summed E-state index contributed by atoms with van der Waals surface area (Å²) in [4.78, 5) is 2.16. The normalized spacial score (nSPS) is 11.1. The molecule has 0 saturated heterocycles. The lowest BCUT2D eigenvalue weighted by atomic mass is 10.1. The standard InChI is InChI=1S/C18H23FN2/c1-14-8-9-18(19)10-17(14)12-20-11-15-6-4-5-7-16(15)13-21(2)3/h4-10,20H,11-13H2,1-3H3. The van der Waals surface area contributed by atoms with E-state index in [1.165, 1.54) is 17.2 Å². The summed E-state index contributed by atoms with van der Waals surface area (Å²) in [5.41, 5.74) is 4.75. The summed E-state index contributed by atoms with van der Waals surface area (Å²) < 4.78 is 13.3. The highest BCUT2D eigenvalue weighted by atomic mass is 19.1. The van der Waals surface area contributed by atoms with Crippen LogP contribution in [0.1, 0.15) is 22.3 Å². The van der Waals surface area contributed by atoms with Crippen LogP contribution >= 0.6 is 0 Å². The highest BCUT2D eigenvalue weighted by Crippen LogP contribution is 2.12. The second kappa shape index (κ2) is 7.34. The van der Waals surface area contributed by atoms with E-state index in [-0.39, 0.29) is 5.82 Å². The molecular formula is C18H23FN2. The van der Waals surface area contributed by atoms with Crippen molar-refractivity contribution in [3.05, 3.63) is 70.5 Å². The molecule has 21 heavy (non-hydrogen) atoms. The molecule has 0 unspecified atom stereocenters. The quantitative estimate of drug-likeness (QED) is 0.874. The summed E-state index contributed by atoms with van der Waals surface area (Å²) in [7, 11) is 4.14. The molecule has 0 bridgehead atoms. The van der Waals surface area contributed by atoms with Crippen LogP contribution in [0.4, 0.5) is 4.39 Å². The van der Waals surface area contributed by atoms with Gasteiger partial charge in [-0.25, -0.2) is 4.39 Å². The Bertz CT molecular complexity index is 594. The lowest BCUT2D eigenvalue weighted by Gasteiger charge is -2.15. The molecule has 0 aliphatic carbocycles. The van der Waals surface area contributed by atoms with Gasteiger partial charge in [-0.05, 0) is 55.4 Å². The summed E-state index contributed by atoms with van der Waals surface area (Å²) >= 11 is 0. The number of rotatable bonds is 6. The van der Waals surface area contributed by atoms with Crippen LogP contribution in [0.5, 0.6) is 0 Å². The first-order valence-electron chi connectivity index (χ1n) is 7.23. The van der Waals surface area contributed by atoms with E-state index in [2.05, 4.69) is 48.6 Å². The van der Waals surface area contributed by atoms with Crippen LogP contribution < -0.4 is 5.32 Å². The Kier molecular flexibility index (Phi) is 5.48. The van der Waals surface area contributed by atoms with E-state index < -0.39 is 0 Å². The fourth-order valence-corrected chi connectivity index (χ4v) is 2.39. The minimum absolute atomic E-state index is 0.176. The number of nitrogens with one attached hydrogen (secondary N) is 1. The van der Waals surface area contributed by atoms with Crippen LogP contribution in [0.2, 0.25) is 0 Å². The van der Waals surface area contributed by atoms with Crippen molar-refractivity contribution >= 4 is 0 Å². The average molecular weight is 286 g/mol. The van der Waals surface area contributed by atoms with Crippen LogP contribution in [0.15, 0.2) is 42.5 Å². The molecule has 2 nitrogen and oxygen atoms in total. The Hall–Kier alpha value is -1.71. The molecule has 2 aromatic carbocycles. The van der Waals surface area contributed by atoms with Crippen molar-refractivity contribution in [3.63, 3.8) is 0 Å². The fraction of sp³-hybridized carbons (Fsp3) is 0.333. The van der Waals surface area contributed by atoms with Gasteiger partial charge in [-0.2, -0.15) is 0 Å². The number of hydrogen-bond acceptors (Lipinski definition) is 2. The predicted octanol–water partition coefficient (Wildman–Crippen LogP) is 3.49. The molecule has 0 aliphatic heterocycles. The molecule has 1 N–H and O–H groups in total.